The monoisotopic (exact) mass is 363 g/mol. The molecule has 0 bridgehead atoms. The molecule has 1 saturated heterocycles. The zero-order valence-electron chi connectivity index (χ0n) is 15.0. The molecule has 1 aliphatic rings. The fraction of sp³-hybridized carbons (Fsp3) is 0.300. The highest BCUT2D eigenvalue weighted by atomic mass is 16.3. The molecule has 7 nitrogen and oxygen atoms in total. The number of nitrogens with one attached hydrogen (secondary N) is 1. The van der Waals surface area contributed by atoms with Gasteiger partial charge in [-0.3, -0.25) is 9.78 Å². The van der Waals surface area contributed by atoms with Crippen LogP contribution in [0.25, 0.3) is 10.9 Å². The molecule has 1 amide bonds. The summed E-state index contributed by atoms with van der Waals surface area (Å²) in [5.41, 5.74) is 2.22. The van der Waals surface area contributed by atoms with E-state index in [0.29, 0.717) is 25.3 Å². The molecule has 2 aromatic heterocycles. The standard InChI is InChI=1S/C20H21N5O2/c1-21-20(27)17-8-9-19(24-23-17)25-11-14(18(26)12-25)10-15-7-6-13-4-2-3-5-16(13)22-15/h2-9,14,18,26H,10-12H2,1H3,(H,21,27)/t14-,18-/m1/s1. The summed E-state index contributed by atoms with van der Waals surface area (Å²) in [5, 5.41) is 22.2. The highest BCUT2D eigenvalue weighted by Gasteiger charge is 2.32. The maximum absolute atomic E-state index is 11.6. The van der Waals surface area contributed by atoms with Crippen LogP contribution in [0, 0.1) is 5.92 Å². The van der Waals surface area contributed by atoms with Gasteiger partial charge in [0.1, 0.15) is 0 Å². The van der Waals surface area contributed by atoms with Crippen LogP contribution < -0.4 is 10.2 Å². The van der Waals surface area contributed by atoms with Crippen molar-refractivity contribution in [3.63, 3.8) is 0 Å². The van der Waals surface area contributed by atoms with Gasteiger partial charge in [0.05, 0.1) is 11.6 Å². The Hall–Kier alpha value is -3.06. The molecule has 7 heteroatoms. The number of fused-ring (bicyclic) bond motifs is 1. The fourth-order valence-electron chi connectivity index (χ4n) is 3.48. The zero-order valence-corrected chi connectivity index (χ0v) is 15.0. The number of rotatable bonds is 4. The third-order valence-electron chi connectivity index (χ3n) is 4.97. The van der Waals surface area contributed by atoms with E-state index in [9.17, 15) is 9.90 Å². The Morgan fingerprint density at radius 3 is 2.78 bits per heavy atom. The molecule has 138 valence electrons. The molecule has 0 unspecified atom stereocenters. The first-order valence-electron chi connectivity index (χ1n) is 8.97. The van der Waals surface area contributed by atoms with E-state index >= 15 is 0 Å². The summed E-state index contributed by atoms with van der Waals surface area (Å²) >= 11 is 0. The molecular weight excluding hydrogens is 342 g/mol. The lowest BCUT2D eigenvalue weighted by molar-refractivity contribution is 0.0957. The highest BCUT2D eigenvalue weighted by molar-refractivity contribution is 5.91. The van der Waals surface area contributed by atoms with Crippen LogP contribution in [0.1, 0.15) is 16.2 Å². The van der Waals surface area contributed by atoms with Gasteiger partial charge in [0, 0.05) is 37.1 Å². The smallest absolute Gasteiger partial charge is 0.271 e. The molecule has 0 radical (unpaired) electrons. The summed E-state index contributed by atoms with van der Waals surface area (Å²) in [7, 11) is 1.56. The van der Waals surface area contributed by atoms with Crippen LogP contribution in [0.4, 0.5) is 5.82 Å². The zero-order chi connectivity index (χ0) is 18.8. The summed E-state index contributed by atoms with van der Waals surface area (Å²) in [6, 6.07) is 15.5. The predicted octanol–water partition coefficient (Wildman–Crippen LogP) is 1.42. The minimum Gasteiger partial charge on any atom is -0.391 e. The molecular formula is C20H21N5O2. The third-order valence-corrected chi connectivity index (χ3v) is 4.97. The van der Waals surface area contributed by atoms with Gasteiger partial charge in [0.25, 0.3) is 5.91 Å². The van der Waals surface area contributed by atoms with E-state index in [0.717, 1.165) is 16.6 Å². The number of carbonyl (C=O) groups excluding carboxylic acids is 1. The van der Waals surface area contributed by atoms with Gasteiger partial charge in [-0.05, 0) is 30.7 Å². The highest BCUT2D eigenvalue weighted by Crippen LogP contribution is 2.25. The van der Waals surface area contributed by atoms with Crippen molar-refractivity contribution in [2.45, 2.75) is 12.5 Å². The fourth-order valence-corrected chi connectivity index (χ4v) is 3.48. The summed E-state index contributed by atoms with van der Waals surface area (Å²) in [6.45, 7) is 1.16. The number of hydrogen-bond donors (Lipinski definition) is 2. The van der Waals surface area contributed by atoms with Crippen molar-refractivity contribution in [2.75, 3.05) is 25.0 Å². The van der Waals surface area contributed by atoms with Crippen molar-refractivity contribution in [2.24, 2.45) is 5.92 Å². The maximum Gasteiger partial charge on any atom is 0.271 e. The number of aliphatic hydroxyl groups excluding tert-OH is 1. The molecule has 1 fully saturated rings. The second-order valence-corrected chi connectivity index (χ2v) is 6.79. The van der Waals surface area contributed by atoms with Gasteiger partial charge in [0.2, 0.25) is 0 Å². The number of β-amino-alcohol motifs (C(OH)–C–C–N with tert-alkyl or cyclic N) is 1. The molecule has 2 N–H and O–H groups in total. The van der Waals surface area contributed by atoms with Gasteiger partial charge in [-0.1, -0.05) is 24.3 Å². The van der Waals surface area contributed by atoms with Gasteiger partial charge >= 0.3 is 0 Å². The number of benzene rings is 1. The Morgan fingerprint density at radius 2 is 2.00 bits per heavy atom. The van der Waals surface area contributed by atoms with Crippen molar-refractivity contribution < 1.29 is 9.90 Å². The van der Waals surface area contributed by atoms with Crippen molar-refractivity contribution in [1.82, 2.24) is 20.5 Å². The van der Waals surface area contributed by atoms with E-state index in [1.54, 1.807) is 19.2 Å². The Morgan fingerprint density at radius 1 is 1.15 bits per heavy atom. The number of pyridine rings is 1. The van der Waals surface area contributed by atoms with E-state index in [-0.39, 0.29) is 17.5 Å². The number of aliphatic hydroxyl groups is 1. The average Bonchev–Trinajstić information content (AvgIpc) is 3.07. The minimum absolute atomic E-state index is 0.0686. The molecule has 27 heavy (non-hydrogen) atoms. The van der Waals surface area contributed by atoms with E-state index in [1.165, 1.54) is 0 Å². The summed E-state index contributed by atoms with van der Waals surface area (Å²) in [4.78, 5) is 18.3. The van der Waals surface area contributed by atoms with Crippen LogP contribution in [0.5, 0.6) is 0 Å². The molecule has 2 atom stereocenters. The van der Waals surface area contributed by atoms with E-state index in [4.69, 9.17) is 4.98 Å². The van der Waals surface area contributed by atoms with Crippen molar-refractivity contribution in [1.29, 1.82) is 0 Å². The quantitative estimate of drug-likeness (QED) is 0.729. The first kappa shape index (κ1) is 17.4. The number of anilines is 1. The predicted molar refractivity (Wildman–Crippen MR) is 103 cm³/mol. The van der Waals surface area contributed by atoms with Crippen molar-refractivity contribution in [3.05, 3.63) is 59.9 Å². The van der Waals surface area contributed by atoms with Gasteiger partial charge in [0.15, 0.2) is 11.5 Å². The molecule has 1 aromatic carbocycles. The van der Waals surface area contributed by atoms with Crippen LogP contribution in [0.15, 0.2) is 48.5 Å². The van der Waals surface area contributed by atoms with E-state index in [2.05, 4.69) is 21.6 Å². The maximum atomic E-state index is 11.6. The topological polar surface area (TPSA) is 91.2 Å². The van der Waals surface area contributed by atoms with E-state index < -0.39 is 6.10 Å². The van der Waals surface area contributed by atoms with Crippen molar-refractivity contribution >= 4 is 22.6 Å². The molecule has 1 aliphatic heterocycles. The number of hydrogen-bond acceptors (Lipinski definition) is 6. The Kier molecular flexibility index (Phi) is 4.68. The Bertz CT molecular complexity index is 960. The SMILES string of the molecule is CNC(=O)c1ccc(N2C[C@@H](Cc3ccc4ccccc4n3)[C@H](O)C2)nn1. The second-order valence-electron chi connectivity index (χ2n) is 6.79. The van der Waals surface area contributed by atoms with Gasteiger partial charge in [-0.25, -0.2) is 0 Å². The summed E-state index contributed by atoms with van der Waals surface area (Å²) in [6.07, 6.45) is 0.241. The van der Waals surface area contributed by atoms with Gasteiger partial charge < -0.3 is 15.3 Å². The first-order chi connectivity index (χ1) is 13.1. The first-order valence-corrected chi connectivity index (χ1v) is 8.97. The number of carbonyl (C=O) groups is 1. The number of amides is 1. The van der Waals surface area contributed by atoms with Gasteiger partial charge in [-0.15, -0.1) is 10.2 Å². The molecule has 0 spiro atoms. The summed E-state index contributed by atoms with van der Waals surface area (Å²) < 4.78 is 0. The normalized spacial score (nSPS) is 19.4. The van der Waals surface area contributed by atoms with Crippen molar-refractivity contribution in [3.8, 4) is 0 Å². The lowest BCUT2D eigenvalue weighted by Crippen LogP contribution is -2.24. The largest absolute Gasteiger partial charge is 0.391 e. The molecule has 4 rings (SSSR count). The molecule has 3 heterocycles. The average molecular weight is 363 g/mol. The number of nitrogens with zero attached hydrogens (tertiary/aromatic N) is 4. The Balaban J connectivity index is 1.46. The van der Waals surface area contributed by atoms with Crippen LogP contribution in [0.2, 0.25) is 0 Å². The second kappa shape index (κ2) is 7.28. The molecule has 0 aliphatic carbocycles. The van der Waals surface area contributed by atoms with Gasteiger partial charge in [-0.2, -0.15) is 0 Å². The van der Waals surface area contributed by atoms with Crippen LogP contribution >= 0.6 is 0 Å². The van der Waals surface area contributed by atoms with Crippen LogP contribution in [-0.4, -0.2) is 52.4 Å². The minimum atomic E-state index is -0.460. The lowest BCUT2D eigenvalue weighted by Gasteiger charge is -2.16. The van der Waals surface area contributed by atoms with Crippen LogP contribution in [-0.2, 0) is 6.42 Å². The number of para-hydroxylation sites is 1. The van der Waals surface area contributed by atoms with E-state index in [1.807, 2.05) is 35.2 Å². The molecule has 3 aromatic rings. The third kappa shape index (κ3) is 3.59. The number of aromatic nitrogens is 3. The summed E-state index contributed by atoms with van der Waals surface area (Å²) in [5.74, 6) is 0.463. The molecule has 0 saturated carbocycles. The Labute approximate surface area is 157 Å². The van der Waals surface area contributed by atoms with Crippen LogP contribution in [0.3, 0.4) is 0 Å². The lowest BCUT2D eigenvalue weighted by atomic mass is 9.99.